The van der Waals surface area contributed by atoms with E-state index in [-0.39, 0.29) is 0 Å². The molecule has 4 nitrogen and oxygen atoms in total. The van der Waals surface area contributed by atoms with Crippen LogP contribution in [0.3, 0.4) is 0 Å². The van der Waals surface area contributed by atoms with E-state index in [9.17, 15) is 0 Å². The zero-order valence-corrected chi connectivity index (χ0v) is 11.3. The number of aromatic nitrogens is 2. The van der Waals surface area contributed by atoms with Gasteiger partial charge >= 0.3 is 0 Å². The van der Waals surface area contributed by atoms with Crippen LogP contribution in [0, 0.1) is 0 Å². The molecule has 0 aliphatic rings. The summed E-state index contributed by atoms with van der Waals surface area (Å²) in [7, 11) is 0. The number of rotatable bonds is 5. The lowest BCUT2D eigenvalue weighted by molar-refractivity contribution is 0.888. The fourth-order valence-corrected chi connectivity index (χ4v) is 2.32. The van der Waals surface area contributed by atoms with Gasteiger partial charge < -0.3 is 10.6 Å². The molecule has 0 aromatic carbocycles. The van der Waals surface area contributed by atoms with Crippen molar-refractivity contribution in [2.24, 2.45) is 0 Å². The van der Waals surface area contributed by atoms with E-state index < -0.39 is 0 Å². The van der Waals surface area contributed by atoms with Crippen LogP contribution in [0.5, 0.6) is 0 Å². The van der Waals surface area contributed by atoms with E-state index in [1.165, 1.54) is 0 Å². The second-order valence-corrected chi connectivity index (χ2v) is 5.16. The Morgan fingerprint density at radius 1 is 1.35 bits per heavy atom. The van der Waals surface area contributed by atoms with Crippen molar-refractivity contribution in [3.63, 3.8) is 0 Å². The highest BCUT2D eigenvalue weighted by Crippen LogP contribution is 2.26. The first-order valence-electron chi connectivity index (χ1n) is 5.96. The molecule has 2 aromatic heterocycles. The molecular formula is C12H18N4S. The van der Waals surface area contributed by atoms with Gasteiger partial charge in [0.1, 0.15) is 10.6 Å². The Morgan fingerprint density at radius 2 is 2.18 bits per heavy atom. The minimum Gasteiger partial charge on any atom is -0.367 e. The van der Waals surface area contributed by atoms with Gasteiger partial charge in [0.15, 0.2) is 0 Å². The predicted molar refractivity (Wildman–Crippen MR) is 75.0 cm³/mol. The molecule has 0 bridgehead atoms. The van der Waals surface area contributed by atoms with Gasteiger partial charge in [-0.1, -0.05) is 6.92 Å². The molecular weight excluding hydrogens is 232 g/mol. The molecule has 5 heteroatoms. The van der Waals surface area contributed by atoms with Gasteiger partial charge in [0.25, 0.3) is 0 Å². The van der Waals surface area contributed by atoms with Gasteiger partial charge in [-0.2, -0.15) is 4.98 Å². The molecule has 2 N–H and O–H groups in total. The van der Waals surface area contributed by atoms with Crippen LogP contribution in [0.2, 0.25) is 0 Å². The molecule has 17 heavy (non-hydrogen) atoms. The topological polar surface area (TPSA) is 49.8 Å². The van der Waals surface area contributed by atoms with E-state index in [1.807, 2.05) is 0 Å². The maximum atomic E-state index is 4.52. The van der Waals surface area contributed by atoms with E-state index in [0.29, 0.717) is 12.0 Å². The Kier molecular flexibility index (Phi) is 3.78. The SMILES string of the molecule is CCCNc1nc(NC(C)C)c2ccsc2n1. The Balaban J connectivity index is 2.36. The molecule has 0 aliphatic heterocycles. The minimum atomic E-state index is 0.368. The smallest absolute Gasteiger partial charge is 0.226 e. The van der Waals surface area contributed by atoms with Crippen LogP contribution in [-0.4, -0.2) is 22.6 Å². The van der Waals surface area contributed by atoms with Crippen molar-refractivity contribution in [2.45, 2.75) is 33.2 Å². The second-order valence-electron chi connectivity index (χ2n) is 4.26. The zero-order valence-electron chi connectivity index (χ0n) is 10.4. The van der Waals surface area contributed by atoms with E-state index in [0.717, 1.165) is 29.0 Å². The summed E-state index contributed by atoms with van der Waals surface area (Å²) in [6.07, 6.45) is 1.07. The van der Waals surface area contributed by atoms with Crippen molar-refractivity contribution in [1.29, 1.82) is 0 Å². The summed E-state index contributed by atoms with van der Waals surface area (Å²) in [6, 6.07) is 2.43. The van der Waals surface area contributed by atoms with Crippen molar-refractivity contribution in [1.82, 2.24) is 9.97 Å². The van der Waals surface area contributed by atoms with Crippen molar-refractivity contribution < 1.29 is 0 Å². The third-order valence-electron chi connectivity index (χ3n) is 2.28. The van der Waals surface area contributed by atoms with E-state index in [4.69, 9.17) is 0 Å². The molecule has 0 fully saturated rings. The third kappa shape index (κ3) is 2.85. The molecule has 92 valence electrons. The van der Waals surface area contributed by atoms with Crippen LogP contribution in [0.25, 0.3) is 10.2 Å². The quantitative estimate of drug-likeness (QED) is 0.854. The van der Waals surface area contributed by atoms with E-state index in [1.54, 1.807) is 11.3 Å². The lowest BCUT2D eigenvalue weighted by Crippen LogP contribution is -2.13. The normalized spacial score (nSPS) is 11.1. The lowest BCUT2D eigenvalue weighted by Gasteiger charge is -2.11. The van der Waals surface area contributed by atoms with E-state index >= 15 is 0 Å². The number of nitrogens with one attached hydrogen (secondary N) is 2. The summed E-state index contributed by atoms with van der Waals surface area (Å²) in [5, 5.41) is 9.75. The largest absolute Gasteiger partial charge is 0.367 e. The van der Waals surface area contributed by atoms with Crippen molar-refractivity contribution in [3.05, 3.63) is 11.4 Å². The monoisotopic (exact) mass is 250 g/mol. The van der Waals surface area contributed by atoms with E-state index in [2.05, 4.69) is 52.8 Å². The molecule has 0 radical (unpaired) electrons. The van der Waals surface area contributed by atoms with Crippen LogP contribution >= 0.6 is 11.3 Å². The molecule has 0 spiro atoms. The van der Waals surface area contributed by atoms with Crippen molar-refractivity contribution >= 4 is 33.3 Å². The molecule has 0 saturated heterocycles. The van der Waals surface area contributed by atoms with Crippen LogP contribution in [0.1, 0.15) is 27.2 Å². The highest BCUT2D eigenvalue weighted by molar-refractivity contribution is 7.16. The maximum Gasteiger partial charge on any atom is 0.226 e. The summed E-state index contributed by atoms with van der Waals surface area (Å²) in [5.41, 5.74) is 0. The van der Waals surface area contributed by atoms with Gasteiger partial charge in [-0.25, -0.2) is 4.98 Å². The minimum absolute atomic E-state index is 0.368. The first-order chi connectivity index (χ1) is 8.20. The Morgan fingerprint density at radius 3 is 2.88 bits per heavy atom. The number of fused-ring (bicyclic) bond motifs is 1. The number of anilines is 2. The van der Waals surface area contributed by atoms with Crippen molar-refractivity contribution in [2.75, 3.05) is 17.2 Å². The lowest BCUT2D eigenvalue weighted by atomic mass is 10.3. The average Bonchev–Trinajstić information content (AvgIpc) is 2.73. The molecule has 2 rings (SSSR count). The Hall–Kier alpha value is -1.36. The Labute approximate surface area is 105 Å². The number of nitrogens with zero attached hydrogens (tertiary/aromatic N) is 2. The van der Waals surface area contributed by atoms with Gasteiger partial charge in [0.05, 0.1) is 5.39 Å². The standard InChI is InChI=1S/C12H18N4S/c1-4-6-13-12-15-10(14-8(2)3)9-5-7-17-11(9)16-12/h5,7-8H,4,6H2,1-3H3,(H2,13,14,15,16). The molecule has 2 heterocycles. The average molecular weight is 250 g/mol. The highest BCUT2D eigenvalue weighted by Gasteiger charge is 2.09. The first-order valence-corrected chi connectivity index (χ1v) is 6.84. The van der Waals surface area contributed by atoms with Gasteiger partial charge in [-0.3, -0.25) is 0 Å². The zero-order chi connectivity index (χ0) is 12.3. The maximum absolute atomic E-state index is 4.52. The molecule has 0 atom stereocenters. The van der Waals surface area contributed by atoms with Gasteiger partial charge in [-0.05, 0) is 31.7 Å². The van der Waals surface area contributed by atoms with Crippen LogP contribution in [0.4, 0.5) is 11.8 Å². The number of hydrogen-bond acceptors (Lipinski definition) is 5. The molecule has 0 amide bonds. The van der Waals surface area contributed by atoms with Gasteiger partial charge in [0.2, 0.25) is 5.95 Å². The van der Waals surface area contributed by atoms with Crippen LogP contribution in [0.15, 0.2) is 11.4 Å². The summed E-state index contributed by atoms with van der Waals surface area (Å²) >= 11 is 1.65. The second kappa shape index (κ2) is 5.31. The highest BCUT2D eigenvalue weighted by atomic mass is 32.1. The molecule has 2 aromatic rings. The molecule has 0 unspecified atom stereocenters. The fraction of sp³-hybridized carbons (Fsp3) is 0.500. The predicted octanol–water partition coefficient (Wildman–Crippen LogP) is 3.33. The van der Waals surface area contributed by atoms with Crippen LogP contribution < -0.4 is 10.6 Å². The summed E-state index contributed by atoms with van der Waals surface area (Å²) in [6.45, 7) is 7.25. The van der Waals surface area contributed by atoms with Crippen molar-refractivity contribution in [3.8, 4) is 0 Å². The van der Waals surface area contributed by atoms with Crippen LogP contribution in [-0.2, 0) is 0 Å². The van der Waals surface area contributed by atoms with Gasteiger partial charge in [-0.15, -0.1) is 11.3 Å². The summed E-state index contributed by atoms with van der Waals surface area (Å²) in [4.78, 5) is 10.1. The summed E-state index contributed by atoms with van der Waals surface area (Å²) in [5.74, 6) is 1.63. The first kappa shape index (κ1) is 12.1. The Bertz CT molecular complexity index is 492. The van der Waals surface area contributed by atoms with Gasteiger partial charge in [0, 0.05) is 12.6 Å². The number of hydrogen-bond donors (Lipinski definition) is 2. The molecule has 0 aliphatic carbocycles. The fourth-order valence-electron chi connectivity index (χ4n) is 1.55. The number of thiophene rings is 1. The molecule has 0 saturated carbocycles. The third-order valence-corrected chi connectivity index (χ3v) is 3.09. The summed E-state index contributed by atoms with van der Waals surface area (Å²) < 4.78 is 0.